The molecule has 0 heterocycles. The molecule has 0 aromatic rings. The molecule has 0 aliphatic rings. The monoisotopic (exact) mass is 128 g/mol. The van der Waals surface area contributed by atoms with Crippen molar-refractivity contribution in [2.24, 2.45) is 5.73 Å². The average Bonchev–Trinajstić information content (AvgIpc) is 1.89. The second-order valence-electron chi connectivity index (χ2n) is 2.02. The van der Waals surface area contributed by atoms with E-state index in [0.717, 1.165) is 12.4 Å². The SMILES string of the molecule is CC=C(N)NCCCC. The van der Waals surface area contributed by atoms with Crippen LogP contribution in [-0.4, -0.2) is 6.54 Å². The van der Waals surface area contributed by atoms with Crippen LogP contribution in [0.5, 0.6) is 0 Å². The number of hydrogen-bond acceptors (Lipinski definition) is 2. The van der Waals surface area contributed by atoms with Gasteiger partial charge < -0.3 is 11.1 Å². The summed E-state index contributed by atoms with van der Waals surface area (Å²) in [6.45, 7) is 5.08. The summed E-state index contributed by atoms with van der Waals surface area (Å²) in [7, 11) is 0. The predicted octanol–water partition coefficient (Wildman–Crippen LogP) is 1.20. The Hall–Kier alpha value is -0.660. The molecule has 0 radical (unpaired) electrons. The van der Waals surface area contributed by atoms with E-state index < -0.39 is 0 Å². The number of unbranched alkanes of at least 4 members (excludes halogenated alkanes) is 1. The van der Waals surface area contributed by atoms with Gasteiger partial charge in [0, 0.05) is 6.54 Å². The molecule has 0 saturated heterocycles. The van der Waals surface area contributed by atoms with Gasteiger partial charge in [-0.3, -0.25) is 0 Å². The highest BCUT2D eigenvalue weighted by atomic mass is 15.0. The molecule has 0 aliphatic heterocycles. The number of nitrogens with two attached hydrogens (primary N) is 1. The molecule has 0 bridgehead atoms. The summed E-state index contributed by atoms with van der Waals surface area (Å²) in [5.41, 5.74) is 5.46. The lowest BCUT2D eigenvalue weighted by Gasteiger charge is -2.02. The molecule has 2 heteroatoms. The van der Waals surface area contributed by atoms with Crippen LogP contribution < -0.4 is 11.1 Å². The molecule has 9 heavy (non-hydrogen) atoms. The van der Waals surface area contributed by atoms with E-state index in [-0.39, 0.29) is 0 Å². The van der Waals surface area contributed by atoms with Crippen molar-refractivity contribution in [2.75, 3.05) is 6.54 Å². The zero-order chi connectivity index (χ0) is 7.11. The minimum Gasteiger partial charge on any atom is -0.386 e. The Labute approximate surface area is 57.1 Å². The van der Waals surface area contributed by atoms with Crippen LogP contribution in [0.3, 0.4) is 0 Å². The van der Waals surface area contributed by atoms with Gasteiger partial charge in [-0.15, -0.1) is 0 Å². The molecule has 0 spiro atoms. The summed E-state index contributed by atoms with van der Waals surface area (Å²) in [6.07, 6.45) is 4.27. The second-order valence-corrected chi connectivity index (χ2v) is 2.02. The zero-order valence-corrected chi connectivity index (χ0v) is 6.28. The first-order valence-corrected chi connectivity index (χ1v) is 3.47. The molecule has 0 unspecified atom stereocenters. The third kappa shape index (κ3) is 5.21. The summed E-state index contributed by atoms with van der Waals surface area (Å²) in [5, 5.41) is 3.07. The predicted molar refractivity (Wildman–Crippen MR) is 40.9 cm³/mol. The van der Waals surface area contributed by atoms with E-state index in [1.54, 1.807) is 0 Å². The third-order valence-electron chi connectivity index (χ3n) is 1.17. The van der Waals surface area contributed by atoms with E-state index in [0.29, 0.717) is 0 Å². The maximum Gasteiger partial charge on any atom is 0.0916 e. The summed E-state index contributed by atoms with van der Waals surface area (Å²) >= 11 is 0. The Morgan fingerprint density at radius 3 is 2.78 bits per heavy atom. The van der Waals surface area contributed by atoms with Crippen LogP contribution in [-0.2, 0) is 0 Å². The Morgan fingerprint density at radius 1 is 1.67 bits per heavy atom. The van der Waals surface area contributed by atoms with Crippen molar-refractivity contribution in [3.63, 3.8) is 0 Å². The lowest BCUT2D eigenvalue weighted by Crippen LogP contribution is -2.20. The normalized spacial score (nSPS) is 11.6. The first-order chi connectivity index (χ1) is 4.31. The fourth-order valence-electron chi connectivity index (χ4n) is 0.512. The largest absolute Gasteiger partial charge is 0.386 e. The molecule has 0 aromatic heterocycles. The van der Waals surface area contributed by atoms with E-state index >= 15 is 0 Å². The summed E-state index contributed by atoms with van der Waals surface area (Å²) in [6, 6.07) is 0. The quantitative estimate of drug-likeness (QED) is 0.558. The van der Waals surface area contributed by atoms with Gasteiger partial charge in [0.25, 0.3) is 0 Å². The van der Waals surface area contributed by atoms with Crippen molar-refractivity contribution in [1.29, 1.82) is 0 Å². The zero-order valence-electron chi connectivity index (χ0n) is 6.28. The molecule has 0 aromatic carbocycles. The van der Waals surface area contributed by atoms with Gasteiger partial charge in [-0.05, 0) is 19.4 Å². The van der Waals surface area contributed by atoms with Crippen LogP contribution in [0.15, 0.2) is 11.9 Å². The van der Waals surface area contributed by atoms with Crippen LogP contribution in [0.25, 0.3) is 0 Å². The lowest BCUT2D eigenvalue weighted by molar-refractivity contribution is 0.704. The second kappa shape index (κ2) is 5.48. The summed E-state index contributed by atoms with van der Waals surface area (Å²) < 4.78 is 0. The van der Waals surface area contributed by atoms with E-state index in [1.165, 1.54) is 12.8 Å². The lowest BCUT2D eigenvalue weighted by atomic mass is 10.3. The van der Waals surface area contributed by atoms with Crippen molar-refractivity contribution in [1.82, 2.24) is 5.32 Å². The average molecular weight is 128 g/mol. The molecule has 0 saturated carbocycles. The van der Waals surface area contributed by atoms with Crippen molar-refractivity contribution >= 4 is 0 Å². The number of hydrogen-bond donors (Lipinski definition) is 2. The summed E-state index contributed by atoms with van der Waals surface area (Å²) in [4.78, 5) is 0. The van der Waals surface area contributed by atoms with Crippen molar-refractivity contribution < 1.29 is 0 Å². The fourth-order valence-corrected chi connectivity index (χ4v) is 0.512. The van der Waals surface area contributed by atoms with Gasteiger partial charge in [0.15, 0.2) is 0 Å². The van der Waals surface area contributed by atoms with Gasteiger partial charge in [0.2, 0.25) is 0 Å². The maximum absolute atomic E-state index is 5.46. The highest BCUT2D eigenvalue weighted by Gasteiger charge is 1.83. The molecule has 54 valence electrons. The van der Waals surface area contributed by atoms with Gasteiger partial charge in [0.1, 0.15) is 0 Å². The Balaban J connectivity index is 3.07. The minimum atomic E-state index is 0.781. The molecule has 0 aliphatic carbocycles. The van der Waals surface area contributed by atoms with Crippen LogP contribution in [0, 0.1) is 0 Å². The molecule has 0 rings (SSSR count). The van der Waals surface area contributed by atoms with Gasteiger partial charge in [0.05, 0.1) is 5.82 Å². The van der Waals surface area contributed by atoms with Crippen molar-refractivity contribution in [2.45, 2.75) is 26.7 Å². The Morgan fingerprint density at radius 2 is 2.33 bits per heavy atom. The third-order valence-corrected chi connectivity index (χ3v) is 1.17. The smallest absolute Gasteiger partial charge is 0.0916 e. The Bertz CT molecular complexity index is 86.9. The van der Waals surface area contributed by atoms with E-state index in [4.69, 9.17) is 5.73 Å². The van der Waals surface area contributed by atoms with Crippen LogP contribution >= 0.6 is 0 Å². The molecule has 0 atom stereocenters. The van der Waals surface area contributed by atoms with Gasteiger partial charge >= 0.3 is 0 Å². The maximum atomic E-state index is 5.46. The molecule has 3 N–H and O–H groups in total. The van der Waals surface area contributed by atoms with Gasteiger partial charge in [-0.1, -0.05) is 13.3 Å². The van der Waals surface area contributed by atoms with Crippen molar-refractivity contribution in [3.8, 4) is 0 Å². The van der Waals surface area contributed by atoms with Gasteiger partial charge in [-0.2, -0.15) is 0 Å². The molecule has 0 amide bonds. The Kier molecular flexibility index (Phi) is 5.07. The first-order valence-electron chi connectivity index (χ1n) is 3.47. The van der Waals surface area contributed by atoms with E-state index in [2.05, 4.69) is 12.2 Å². The highest BCUT2D eigenvalue weighted by molar-refractivity contribution is 4.89. The topological polar surface area (TPSA) is 38.0 Å². The van der Waals surface area contributed by atoms with Gasteiger partial charge in [-0.25, -0.2) is 0 Å². The van der Waals surface area contributed by atoms with E-state index in [1.807, 2.05) is 13.0 Å². The molecular formula is C7H16N2. The minimum absolute atomic E-state index is 0.781. The molecule has 2 nitrogen and oxygen atoms in total. The summed E-state index contributed by atoms with van der Waals surface area (Å²) in [5.74, 6) is 0.781. The van der Waals surface area contributed by atoms with E-state index in [9.17, 15) is 0 Å². The first kappa shape index (κ1) is 8.34. The molecule has 0 fully saturated rings. The van der Waals surface area contributed by atoms with Crippen molar-refractivity contribution in [3.05, 3.63) is 11.9 Å². The standard InChI is InChI=1S/C7H16N2/c1-3-5-6-9-7(8)4-2/h4,9H,3,5-6,8H2,1-2H3. The number of nitrogens with one attached hydrogen (secondary N) is 1. The highest BCUT2D eigenvalue weighted by Crippen LogP contribution is 1.83. The molecular weight excluding hydrogens is 112 g/mol. The van der Waals surface area contributed by atoms with Crippen LogP contribution in [0.1, 0.15) is 26.7 Å². The van der Waals surface area contributed by atoms with Crippen LogP contribution in [0.2, 0.25) is 0 Å². The number of allylic oxidation sites excluding steroid dienone is 1. The van der Waals surface area contributed by atoms with Crippen LogP contribution in [0.4, 0.5) is 0 Å². The fraction of sp³-hybridized carbons (Fsp3) is 0.714. The number of rotatable bonds is 4.